The van der Waals surface area contributed by atoms with Gasteiger partial charge in [-0.3, -0.25) is 4.79 Å². The molecule has 2 atom stereocenters. The monoisotopic (exact) mass is 286 g/mol. The lowest BCUT2D eigenvalue weighted by molar-refractivity contribution is -0.123. The molecule has 0 spiro atoms. The van der Waals surface area contributed by atoms with Crippen LogP contribution >= 0.6 is 0 Å². The number of hydrogen-bond acceptors (Lipinski definition) is 3. The number of carbonyl (C=O) groups is 1. The molecule has 5 nitrogen and oxygen atoms in total. The lowest BCUT2D eigenvalue weighted by Crippen LogP contribution is -2.44. The Bertz CT molecular complexity index is 562. The van der Waals surface area contributed by atoms with Gasteiger partial charge in [0.2, 0.25) is 5.91 Å². The number of rotatable bonds is 6. The maximum atomic E-state index is 11.9. The summed E-state index contributed by atoms with van der Waals surface area (Å²) in [7, 11) is 0. The summed E-state index contributed by atoms with van der Waals surface area (Å²) in [5.74, 6) is 0.0905. The van der Waals surface area contributed by atoms with Gasteiger partial charge in [-0.2, -0.15) is 5.10 Å². The highest BCUT2D eigenvalue weighted by atomic mass is 16.2. The second-order valence-corrected chi connectivity index (χ2v) is 5.25. The van der Waals surface area contributed by atoms with Gasteiger partial charge in [0.1, 0.15) is 0 Å². The standard InChI is InChI=1S/C16H22N4O/c1-3-12(2)15(17)16(21)18-11-13-5-7-14(8-6-13)20-10-4-9-19-20/h4-10,12,15H,3,11,17H2,1-2H3,(H,18,21). The summed E-state index contributed by atoms with van der Waals surface area (Å²) in [5, 5.41) is 7.05. The van der Waals surface area contributed by atoms with E-state index in [1.54, 1.807) is 10.9 Å². The molecule has 2 aromatic rings. The molecule has 0 fully saturated rings. The zero-order valence-electron chi connectivity index (χ0n) is 12.5. The number of benzene rings is 1. The zero-order chi connectivity index (χ0) is 15.2. The largest absolute Gasteiger partial charge is 0.351 e. The van der Waals surface area contributed by atoms with E-state index in [4.69, 9.17) is 5.73 Å². The number of nitrogens with two attached hydrogens (primary N) is 1. The van der Waals surface area contributed by atoms with E-state index in [1.807, 2.05) is 50.4 Å². The lowest BCUT2D eigenvalue weighted by Gasteiger charge is -2.17. The molecule has 1 heterocycles. The van der Waals surface area contributed by atoms with Gasteiger partial charge < -0.3 is 11.1 Å². The van der Waals surface area contributed by atoms with Gasteiger partial charge in [0.15, 0.2) is 0 Å². The first-order valence-corrected chi connectivity index (χ1v) is 7.24. The third-order valence-electron chi connectivity index (χ3n) is 3.73. The summed E-state index contributed by atoms with van der Waals surface area (Å²) in [4.78, 5) is 11.9. The molecule has 1 aromatic carbocycles. The Morgan fingerprint density at radius 2 is 2.10 bits per heavy atom. The van der Waals surface area contributed by atoms with E-state index >= 15 is 0 Å². The van der Waals surface area contributed by atoms with Gasteiger partial charge in [-0.25, -0.2) is 4.68 Å². The van der Waals surface area contributed by atoms with Crippen molar-refractivity contribution >= 4 is 5.91 Å². The Morgan fingerprint density at radius 3 is 2.67 bits per heavy atom. The molecule has 0 aliphatic heterocycles. The Morgan fingerprint density at radius 1 is 1.38 bits per heavy atom. The van der Waals surface area contributed by atoms with Crippen molar-refractivity contribution in [2.75, 3.05) is 0 Å². The SMILES string of the molecule is CCC(C)C(N)C(=O)NCc1ccc(-n2cccn2)cc1. The fourth-order valence-electron chi connectivity index (χ4n) is 2.01. The maximum absolute atomic E-state index is 11.9. The average molecular weight is 286 g/mol. The van der Waals surface area contributed by atoms with Crippen molar-refractivity contribution in [3.05, 3.63) is 48.3 Å². The first kappa shape index (κ1) is 15.3. The van der Waals surface area contributed by atoms with Gasteiger partial charge in [0.25, 0.3) is 0 Å². The molecule has 21 heavy (non-hydrogen) atoms. The molecular weight excluding hydrogens is 264 g/mol. The van der Waals surface area contributed by atoms with Crippen LogP contribution < -0.4 is 11.1 Å². The molecule has 0 aliphatic rings. The second kappa shape index (κ2) is 7.04. The molecule has 5 heteroatoms. The van der Waals surface area contributed by atoms with Crippen LogP contribution in [-0.4, -0.2) is 21.7 Å². The fourth-order valence-corrected chi connectivity index (χ4v) is 2.01. The molecule has 3 N–H and O–H groups in total. The normalized spacial score (nSPS) is 13.7. The summed E-state index contributed by atoms with van der Waals surface area (Å²) in [5.41, 5.74) is 7.93. The summed E-state index contributed by atoms with van der Waals surface area (Å²) in [6.07, 6.45) is 4.53. The summed E-state index contributed by atoms with van der Waals surface area (Å²) in [6, 6.07) is 9.34. The van der Waals surface area contributed by atoms with Crippen molar-refractivity contribution < 1.29 is 4.79 Å². The van der Waals surface area contributed by atoms with E-state index in [0.29, 0.717) is 6.54 Å². The fraction of sp³-hybridized carbons (Fsp3) is 0.375. The topological polar surface area (TPSA) is 72.9 Å². The zero-order valence-corrected chi connectivity index (χ0v) is 12.5. The number of aromatic nitrogens is 2. The van der Waals surface area contributed by atoms with Crippen LogP contribution in [0.3, 0.4) is 0 Å². The van der Waals surface area contributed by atoms with Crippen LogP contribution in [0.25, 0.3) is 5.69 Å². The minimum absolute atomic E-state index is 0.0968. The molecule has 0 radical (unpaired) electrons. The van der Waals surface area contributed by atoms with Gasteiger partial charge in [0, 0.05) is 18.9 Å². The molecule has 0 bridgehead atoms. The van der Waals surface area contributed by atoms with Gasteiger partial charge in [-0.15, -0.1) is 0 Å². The summed E-state index contributed by atoms with van der Waals surface area (Å²) >= 11 is 0. The second-order valence-electron chi connectivity index (χ2n) is 5.25. The number of nitrogens with zero attached hydrogens (tertiary/aromatic N) is 2. The highest BCUT2D eigenvalue weighted by molar-refractivity contribution is 5.81. The van der Waals surface area contributed by atoms with E-state index in [-0.39, 0.29) is 11.8 Å². The molecular formula is C16H22N4O. The molecule has 0 saturated heterocycles. The quantitative estimate of drug-likeness (QED) is 0.851. The number of nitrogens with one attached hydrogen (secondary N) is 1. The van der Waals surface area contributed by atoms with E-state index in [2.05, 4.69) is 10.4 Å². The van der Waals surface area contributed by atoms with Gasteiger partial charge >= 0.3 is 0 Å². The molecule has 1 amide bonds. The van der Waals surface area contributed by atoms with Crippen molar-refractivity contribution in [1.29, 1.82) is 0 Å². The highest BCUT2D eigenvalue weighted by Crippen LogP contribution is 2.09. The van der Waals surface area contributed by atoms with E-state index in [9.17, 15) is 4.79 Å². The maximum Gasteiger partial charge on any atom is 0.237 e. The van der Waals surface area contributed by atoms with Crippen LogP contribution in [0.5, 0.6) is 0 Å². The first-order valence-electron chi connectivity index (χ1n) is 7.24. The number of hydrogen-bond donors (Lipinski definition) is 2. The van der Waals surface area contributed by atoms with Crippen molar-refractivity contribution in [2.24, 2.45) is 11.7 Å². The minimum atomic E-state index is -0.446. The average Bonchev–Trinajstić information content (AvgIpc) is 3.06. The summed E-state index contributed by atoms with van der Waals surface area (Å²) in [6.45, 7) is 4.51. The van der Waals surface area contributed by atoms with Crippen molar-refractivity contribution in [1.82, 2.24) is 15.1 Å². The molecule has 0 saturated carbocycles. The van der Waals surface area contributed by atoms with Crippen molar-refractivity contribution in [2.45, 2.75) is 32.9 Å². The predicted molar refractivity (Wildman–Crippen MR) is 82.8 cm³/mol. The van der Waals surface area contributed by atoms with Gasteiger partial charge in [0.05, 0.1) is 11.7 Å². The van der Waals surface area contributed by atoms with E-state index < -0.39 is 6.04 Å². The minimum Gasteiger partial charge on any atom is -0.351 e. The Labute approximate surface area is 125 Å². The van der Waals surface area contributed by atoms with Crippen LogP contribution in [0, 0.1) is 5.92 Å². The molecule has 112 valence electrons. The smallest absolute Gasteiger partial charge is 0.237 e. The number of amides is 1. The van der Waals surface area contributed by atoms with Crippen molar-refractivity contribution in [3.8, 4) is 5.69 Å². The van der Waals surface area contributed by atoms with E-state index in [1.165, 1.54) is 0 Å². The first-order chi connectivity index (χ1) is 10.1. The third-order valence-corrected chi connectivity index (χ3v) is 3.73. The molecule has 1 aromatic heterocycles. The Hall–Kier alpha value is -2.14. The highest BCUT2D eigenvalue weighted by Gasteiger charge is 2.18. The predicted octanol–water partition coefficient (Wildman–Crippen LogP) is 1.86. The van der Waals surface area contributed by atoms with Crippen LogP contribution in [0.15, 0.2) is 42.7 Å². The van der Waals surface area contributed by atoms with Gasteiger partial charge in [-0.1, -0.05) is 32.4 Å². The lowest BCUT2D eigenvalue weighted by atomic mass is 9.99. The van der Waals surface area contributed by atoms with Crippen molar-refractivity contribution in [3.63, 3.8) is 0 Å². The van der Waals surface area contributed by atoms with E-state index in [0.717, 1.165) is 17.7 Å². The van der Waals surface area contributed by atoms with Crippen LogP contribution in [-0.2, 0) is 11.3 Å². The van der Waals surface area contributed by atoms with Gasteiger partial charge in [-0.05, 0) is 29.7 Å². The molecule has 0 aliphatic carbocycles. The Kier molecular flexibility index (Phi) is 5.11. The van der Waals surface area contributed by atoms with Crippen LogP contribution in [0.1, 0.15) is 25.8 Å². The third kappa shape index (κ3) is 3.92. The Balaban J connectivity index is 1.91. The molecule has 2 unspecified atom stereocenters. The summed E-state index contributed by atoms with van der Waals surface area (Å²) < 4.78 is 1.79. The van der Waals surface area contributed by atoms with Crippen LogP contribution in [0.4, 0.5) is 0 Å². The molecule has 2 rings (SSSR count). The van der Waals surface area contributed by atoms with Crippen LogP contribution in [0.2, 0.25) is 0 Å². The number of carbonyl (C=O) groups excluding carboxylic acids is 1.